The van der Waals surface area contributed by atoms with Crippen molar-refractivity contribution in [2.45, 2.75) is 6.61 Å². The number of halogens is 3. The van der Waals surface area contributed by atoms with Gasteiger partial charge in [-0.15, -0.1) is 0 Å². The summed E-state index contributed by atoms with van der Waals surface area (Å²) in [6.07, 6.45) is 1.56. The van der Waals surface area contributed by atoms with E-state index in [1.807, 2.05) is 42.5 Å². The first-order chi connectivity index (χ1) is 14.5. The highest BCUT2D eigenvalue weighted by molar-refractivity contribution is 9.10. The number of nitrogens with one attached hydrogen (secondary N) is 2. The highest BCUT2D eigenvalue weighted by Crippen LogP contribution is 2.27. The van der Waals surface area contributed by atoms with Gasteiger partial charge in [0.05, 0.1) is 17.2 Å². The van der Waals surface area contributed by atoms with Gasteiger partial charge < -0.3 is 10.1 Å². The predicted molar refractivity (Wildman–Crippen MR) is 126 cm³/mol. The summed E-state index contributed by atoms with van der Waals surface area (Å²) in [4.78, 5) is 11.9. The quantitative estimate of drug-likeness (QED) is 0.295. The van der Waals surface area contributed by atoms with E-state index in [0.29, 0.717) is 22.4 Å². The molecule has 5 nitrogen and oxygen atoms in total. The summed E-state index contributed by atoms with van der Waals surface area (Å²) in [6, 6.07) is 20.2. The number of hydrazone groups is 1. The lowest BCUT2D eigenvalue weighted by Gasteiger charge is -2.10. The van der Waals surface area contributed by atoms with Gasteiger partial charge in [-0.25, -0.2) is 5.43 Å². The van der Waals surface area contributed by atoms with Crippen LogP contribution in [0.25, 0.3) is 0 Å². The number of carbonyl (C=O) groups is 1. The molecule has 0 saturated heterocycles. The molecule has 3 aromatic carbocycles. The molecule has 0 aliphatic heterocycles. The monoisotopic (exact) mass is 505 g/mol. The first kappa shape index (κ1) is 22.2. The summed E-state index contributed by atoms with van der Waals surface area (Å²) in [7, 11) is 0. The fraction of sp³-hybridized carbons (Fsp3) is 0.0909. The van der Waals surface area contributed by atoms with Crippen molar-refractivity contribution in [1.29, 1.82) is 0 Å². The SMILES string of the molecule is O=C(CNc1ccc(Cl)cc1)N/N=C\c1ccc(OCc2ccccc2Cl)c(Br)c1. The Morgan fingerprint density at radius 2 is 1.83 bits per heavy atom. The van der Waals surface area contributed by atoms with Gasteiger partial charge in [0.1, 0.15) is 12.4 Å². The van der Waals surface area contributed by atoms with E-state index in [9.17, 15) is 4.79 Å². The van der Waals surface area contributed by atoms with Crippen molar-refractivity contribution < 1.29 is 9.53 Å². The molecule has 1 amide bonds. The summed E-state index contributed by atoms with van der Waals surface area (Å²) in [5, 5.41) is 8.27. The molecule has 8 heteroatoms. The highest BCUT2D eigenvalue weighted by Gasteiger charge is 2.05. The van der Waals surface area contributed by atoms with Crippen molar-refractivity contribution >= 4 is 56.9 Å². The van der Waals surface area contributed by atoms with Crippen LogP contribution in [0.15, 0.2) is 76.3 Å². The summed E-state index contributed by atoms with van der Waals surface area (Å²) in [6.45, 7) is 0.458. The van der Waals surface area contributed by atoms with Crippen LogP contribution in [0.4, 0.5) is 5.69 Å². The maximum Gasteiger partial charge on any atom is 0.259 e. The Balaban J connectivity index is 1.48. The predicted octanol–water partition coefficient (Wildman–Crippen LogP) is 5.90. The maximum absolute atomic E-state index is 11.9. The Morgan fingerprint density at radius 1 is 1.07 bits per heavy atom. The molecule has 3 rings (SSSR count). The molecule has 0 bridgehead atoms. The van der Waals surface area contributed by atoms with Crippen LogP contribution in [0.5, 0.6) is 5.75 Å². The Bertz CT molecular complexity index is 1040. The third-order valence-electron chi connectivity index (χ3n) is 4.00. The van der Waals surface area contributed by atoms with E-state index in [1.54, 1.807) is 30.5 Å². The minimum Gasteiger partial charge on any atom is -0.488 e. The van der Waals surface area contributed by atoms with Gasteiger partial charge in [0.25, 0.3) is 5.91 Å². The molecule has 30 heavy (non-hydrogen) atoms. The third kappa shape index (κ3) is 6.76. The van der Waals surface area contributed by atoms with Crippen LogP contribution in [0.2, 0.25) is 10.0 Å². The lowest BCUT2D eigenvalue weighted by atomic mass is 10.2. The van der Waals surface area contributed by atoms with E-state index in [4.69, 9.17) is 27.9 Å². The average molecular weight is 507 g/mol. The van der Waals surface area contributed by atoms with Crippen LogP contribution >= 0.6 is 39.1 Å². The fourth-order valence-electron chi connectivity index (χ4n) is 2.45. The Hall–Kier alpha value is -2.54. The molecule has 0 aromatic heterocycles. The van der Waals surface area contributed by atoms with Crippen molar-refractivity contribution in [2.75, 3.05) is 11.9 Å². The number of ether oxygens (including phenoxy) is 1. The van der Waals surface area contributed by atoms with Crippen LogP contribution in [0, 0.1) is 0 Å². The van der Waals surface area contributed by atoms with Gasteiger partial charge >= 0.3 is 0 Å². The molecule has 0 spiro atoms. The molecular formula is C22H18BrCl2N3O2. The number of rotatable bonds is 8. The van der Waals surface area contributed by atoms with Gasteiger partial charge in [0, 0.05) is 21.3 Å². The first-order valence-electron chi connectivity index (χ1n) is 8.98. The van der Waals surface area contributed by atoms with E-state index in [1.165, 1.54) is 0 Å². The van der Waals surface area contributed by atoms with E-state index in [2.05, 4.69) is 31.8 Å². The van der Waals surface area contributed by atoms with Gasteiger partial charge in [-0.05, 0) is 70.0 Å². The second kappa shape index (κ2) is 11.0. The van der Waals surface area contributed by atoms with Gasteiger partial charge in [0.15, 0.2) is 0 Å². The normalized spacial score (nSPS) is 10.8. The molecule has 0 saturated carbocycles. The first-order valence-corrected chi connectivity index (χ1v) is 10.5. The average Bonchev–Trinajstić information content (AvgIpc) is 2.74. The van der Waals surface area contributed by atoms with Gasteiger partial charge in [-0.3, -0.25) is 4.79 Å². The van der Waals surface area contributed by atoms with Crippen LogP contribution in [0.1, 0.15) is 11.1 Å². The topological polar surface area (TPSA) is 62.7 Å². The Morgan fingerprint density at radius 3 is 2.57 bits per heavy atom. The number of benzene rings is 3. The lowest BCUT2D eigenvalue weighted by molar-refractivity contribution is -0.119. The largest absolute Gasteiger partial charge is 0.488 e. The minimum atomic E-state index is -0.264. The Kier molecular flexibility index (Phi) is 8.13. The lowest BCUT2D eigenvalue weighted by Crippen LogP contribution is -2.25. The molecule has 0 unspecified atom stereocenters. The molecule has 3 aromatic rings. The second-order valence-electron chi connectivity index (χ2n) is 6.22. The van der Waals surface area contributed by atoms with E-state index >= 15 is 0 Å². The number of amides is 1. The smallest absolute Gasteiger partial charge is 0.259 e. The van der Waals surface area contributed by atoms with Gasteiger partial charge in [0.2, 0.25) is 0 Å². The molecule has 0 aliphatic carbocycles. The van der Waals surface area contributed by atoms with Crippen molar-refractivity contribution in [3.63, 3.8) is 0 Å². The summed E-state index contributed by atoms with van der Waals surface area (Å²) in [5.41, 5.74) is 4.99. The van der Waals surface area contributed by atoms with Crippen molar-refractivity contribution in [2.24, 2.45) is 5.10 Å². The molecule has 0 aliphatic rings. The zero-order valence-corrected chi connectivity index (χ0v) is 18.8. The van der Waals surface area contributed by atoms with Gasteiger partial charge in [-0.1, -0.05) is 41.4 Å². The zero-order valence-electron chi connectivity index (χ0n) is 15.7. The molecule has 0 radical (unpaired) electrons. The van der Waals surface area contributed by atoms with Crippen LogP contribution in [0.3, 0.4) is 0 Å². The summed E-state index contributed by atoms with van der Waals surface area (Å²) >= 11 is 15.5. The fourth-order valence-corrected chi connectivity index (χ4v) is 3.28. The minimum absolute atomic E-state index is 0.0947. The summed E-state index contributed by atoms with van der Waals surface area (Å²) in [5.74, 6) is 0.420. The highest BCUT2D eigenvalue weighted by atomic mass is 79.9. The number of anilines is 1. The number of hydrogen-bond donors (Lipinski definition) is 2. The number of carbonyl (C=O) groups excluding carboxylic acids is 1. The number of nitrogens with zero attached hydrogens (tertiary/aromatic N) is 1. The standard InChI is InChI=1S/C22H18BrCl2N3O2/c23-19-11-15(5-10-21(19)30-14-16-3-1-2-4-20(16)25)12-27-28-22(29)13-26-18-8-6-17(24)7-9-18/h1-12,26H,13-14H2,(H,28,29)/b27-12-. The van der Waals surface area contributed by atoms with Crippen LogP contribution < -0.4 is 15.5 Å². The van der Waals surface area contributed by atoms with Gasteiger partial charge in [-0.2, -0.15) is 5.10 Å². The second-order valence-corrected chi connectivity index (χ2v) is 7.92. The van der Waals surface area contributed by atoms with E-state index in [-0.39, 0.29) is 12.5 Å². The zero-order chi connectivity index (χ0) is 21.3. The molecular weight excluding hydrogens is 489 g/mol. The molecule has 0 fully saturated rings. The van der Waals surface area contributed by atoms with Crippen LogP contribution in [-0.4, -0.2) is 18.7 Å². The third-order valence-corrected chi connectivity index (χ3v) is 5.24. The molecule has 0 heterocycles. The molecule has 0 atom stereocenters. The van der Waals surface area contributed by atoms with Crippen molar-refractivity contribution in [3.8, 4) is 5.75 Å². The van der Waals surface area contributed by atoms with Crippen molar-refractivity contribution in [3.05, 3.63) is 92.4 Å². The molecule has 154 valence electrons. The van der Waals surface area contributed by atoms with Crippen molar-refractivity contribution in [1.82, 2.24) is 5.43 Å². The molecule has 2 N–H and O–H groups in total. The van der Waals surface area contributed by atoms with E-state index < -0.39 is 0 Å². The van der Waals surface area contributed by atoms with Crippen LogP contribution in [-0.2, 0) is 11.4 Å². The Labute approximate surface area is 193 Å². The maximum atomic E-state index is 11.9. The number of hydrogen-bond acceptors (Lipinski definition) is 4. The summed E-state index contributed by atoms with van der Waals surface area (Å²) < 4.78 is 6.59. The van der Waals surface area contributed by atoms with E-state index in [0.717, 1.165) is 21.3 Å².